The number of hydrogen-bond acceptors (Lipinski definition) is 4. The van der Waals surface area contributed by atoms with Crippen molar-refractivity contribution in [2.45, 2.75) is 19.4 Å². The third-order valence-corrected chi connectivity index (χ3v) is 2.22. The maximum Gasteiger partial charge on any atom is 0.206 e. The van der Waals surface area contributed by atoms with E-state index in [1.54, 1.807) is 19.5 Å². The molecule has 1 aromatic heterocycles. The number of nitrogens with two attached hydrogens (primary N) is 1. The minimum atomic E-state index is 0.0178. The van der Waals surface area contributed by atoms with Gasteiger partial charge in [-0.3, -0.25) is 0 Å². The first-order valence-electron chi connectivity index (χ1n) is 4.70. The Hall–Kier alpha value is -1.56. The Kier molecular flexibility index (Phi) is 4.11. The summed E-state index contributed by atoms with van der Waals surface area (Å²) in [7, 11) is 1.66. The van der Waals surface area contributed by atoms with Gasteiger partial charge in [-0.15, -0.1) is 0 Å². The van der Waals surface area contributed by atoms with Crippen LogP contribution in [0, 0.1) is 0 Å². The predicted octanol–water partition coefficient (Wildman–Crippen LogP) is 0.575. The molecule has 0 spiro atoms. The standard InChI is InChI=1S/C9H16N4O2/c1-7(3-6-15-2)13-5-4-11-9(13)8(10)12-14/h4-5,7,14H,3,6H2,1-2H3,(H2,10,12). The van der Waals surface area contributed by atoms with Crippen LogP contribution in [0.3, 0.4) is 0 Å². The first-order chi connectivity index (χ1) is 7.20. The van der Waals surface area contributed by atoms with Crippen LogP contribution < -0.4 is 5.73 Å². The molecule has 0 bridgehead atoms. The molecule has 1 aromatic rings. The van der Waals surface area contributed by atoms with Crippen molar-refractivity contribution >= 4 is 5.84 Å². The molecule has 3 N–H and O–H groups in total. The molecule has 0 aliphatic heterocycles. The average molecular weight is 212 g/mol. The quantitative estimate of drug-likeness (QED) is 0.323. The number of oxime groups is 1. The lowest BCUT2D eigenvalue weighted by Crippen LogP contribution is -2.21. The Morgan fingerprint density at radius 1 is 1.80 bits per heavy atom. The van der Waals surface area contributed by atoms with Gasteiger partial charge in [0.25, 0.3) is 0 Å². The zero-order chi connectivity index (χ0) is 11.3. The summed E-state index contributed by atoms with van der Waals surface area (Å²) < 4.78 is 6.85. The molecule has 84 valence electrons. The van der Waals surface area contributed by atoms with Gasteiger partial charge >= 0.3 is 0 Å². The van der Waals surface area contributed by atoms with Crippen molar-refractivity contribution in [1.29, 1.82) is 0 Å². The number of rotatable bonds is 5. The molecule has 1 heterocycles. The highest BCUT2D eigenvalue weighted by Crippen LogP contribution is 2.12. The number of nitrogens with zero attached hydrogens (tertiary/aromatic N) is 3. The molecule has 6 nitrogen and oxygen atoms in total. The lowest BCUT2D eigenvalue weighted by molar-refractivity contribution is 0.181. The highest BCUT2D eigenvalue weighted by Gasteiger charge is 2.12. The summed E-state index contributed by atoms with van der Waals surface area (Å²) in [6.45, 7) is 2.68. The van der Waals surface area contributed by atoms with Crippen LogP contribution in [-0.4, -0.2) is 34.3 Å². The second-order valence-electron chi connectivity index (χ2n) is 3.27. The minimum absolute atomic E-state index is 0.0178. The van der Waals surface area contributed by atoms with Crippen LogP contribution in [0.15, 0.2) is 17.5 Å². The zero-order valence-electron chi connectivity index (χ0n) is 8.92. The maximum atomic E-state index is 8.57. The first kappa shape index (κ1) is 11.5. The summed E-state index contributed by atoms with van der Waals surface area (Å²) in [5.74, 6) is 0.491. The fraction of sp³-hybridized carbons (Fsp3) is 0.556. The van der Waals surface area contributed by atoms with E-state index in [0.717, 1.165) is 6.42 Å². The van der Waals surface area contributed by atoms with E-state index in [1.807, 2.05) is 11.5 Å². The van der Waals surface area contributed by atoms with E-state index >= 15 is 0 Å². The summed E-state index contributed by atoms with van der Waals surface area (Å²) >= 11 is 0. The molecular weight excluding hydrogens is 196 g/mol. The predicted molar refractivity (Wildman–Crippen MR) is 55.9 cm³/mol. The summed E-state index contributed by atoms with van der Waals surface area (Å²) in [4.78, 5) is 4.02. The minimum Gasteiger partial charge on any atom is -0.409 e. The van der Waals surface area contributed by atoms with E-state index in [2.05, 4.69) is 10.1 Å². The molecule has 1 rings (SSSR count). The SMILES string of the molecule is COCCC(C)n1ccnc1/C(N)=N/O. The molecule has 0 aromatic carbocycles. The molecule has 0 aliphatic rings. The van der Waals surface area contributed by atoms with Crippen LogP contribution >= 0.6 is 0 Å². The highest BCUT2D eigenvalue weighted by molar-refractivity contribution is 5.93. The van der Waals surface area contributed by atoms with Crippen molar-refractivity contribution < 1.29 is 9.94 Å². The molecule has 1 unspecified atom stereocenters. The van der Waals surface area contributed by atoms with Crippen molar-refractivity contribution in [2.24, 2.45) is 10.9 Å². The van der Waals surface area contributed by atoms with Gasteiger partial charge in [0.2, 0.25) is 5.84 Å². The lowest BCUT2D eigenvalue weighted by Gasteiger charge is -2.14. The van der Waals surface area contributed by atoms with Gasteiger partial charge in [-0.25, -0.2) is 4.98 Å². The Morgan fingerprint density at radius 2 is 2.53 bits per heavy atom. The van der Waals surface area contributed by atoms with Crippen molar-refractivity contribution in [3.05, 3.63) is 18.2 Å². The number of amidine groups is 1. The topological polar surface area (TPSA) is 85.7 Å². The van der Waals surface area contributed by atoms with Crippen LogP contribution in [-0.2, 0) is 4.74 Å². The first-order valence-corrected chi connectivity index (χ1v) is 4.70. The van der Waals surface area contributed by atoms with E-state index in [4.69, 9.17) is 15.7 Å². The average Bonchev–Trinajstić information content (AvgIpc) is 2.73. The third kappa shape index (κ3) is 2.69. The smallest absolute Gasteiger partial charge is 0.206 e. The highest BCUT2D eigenvalue weighted by atomic mass is 16.5. The molecule has 6 heteroatoms. The van der Waals surface area contributed by atoms with Crippen LogP contribution in [0.4, 0.5) is 0 Å². The number of imidazole rings is 1. The van der Waals surface area contributed by atoms with Crippen molar-refractivity contribution in [3.63, 3.8) is 0 Å². The molecule has 1 atom stereocenters. The van der Waals surface area contributed by atoms with Gasteiger partial charge < -0.3 is 20.2 Å². The van der Waals surface area contributed by atoms with Crippen molar-refractivity contribution in [1.82, 2.24) is 9.55 Å². The monoisotopic (exact) mass is 212 g/mol. The fourth-order valence-corrected chi connectivity index (χ4v) is 1.34. The van der Waals surface area contributed by atoms with E-state index in [1.165, 1.54) is 0 Å². The van der Waals surface area contributed by atoms with Gasteiger partial charge in [0, 0.05) is 32.2 Å². The molecule has 0 amide bonds. The Morgan fingerprint density at radius 3 is 3.13 bits per heavy atom. The van der Waals surface area contributed by atoms with Gasteiger partial charge in [0.05, 0.1) is 0 Å². The maximum absolute atomic E-state index is 8.57. The third-order valence-electron chi connectivity index (χ3n) is 2.22. The van der Waals surface area contributed by atoms with E-state index in [-0.39, 0.29) is 11.9 Å². The molecule has 0 fully saturated rings. The summed E-state index contributed by atoms with van der Waals surface area (Å²) in [6.07, 6.45) is 4.27. The van der Waals surface area contributed by atoms with Gasteiger partial charge in [-0.05, 0) is 13.3 Å². The van der Waals surface area contributed by atoms with Gasteiger partial charge in [-0.1, -0.05) is 5.16 Å². The van der Waals surface area contributed by atoms with E-state index in [9.17, 15) is 0 Å². The Balaban J connectivity index is 2.80. The number of ether oxygens (including phenoxy) is 1. The summed E-state index contributed by atoms with van der Waals surface area (Å²) in [6, 6.07) is 0.197. The Labute approximate surface area is 88.4 Å². The zero-order valence-corrected chi connectivity index (χ0v) is 8.92. The van der Waals surface area contributed by atoms with Crippen molar-refractivity contribution in [3.8, 4) is 0 Å². The van der Waals surface area contributed by atoms with E-state index < -0.39 is 0 Å². The van der Waals surface area contributed by atoms with Gasteiger partial charge in [-0.2, -0.15) is 0 Å². The molecule has 15 heavy (non-hydrogen) atoms. The number of aromatic nitrogens is 2. The van der Waals surface area contributed by atoms with Crippen LogP contribution in [0.2, 0.25) is 0 Å². The largest absolute Gasteiger partial charge is 0.409 e. The fourth-order valence-electron chi connectivity index (χ4n) is 1.34. The lowest BCUT2D eigenvalue weighted by atomic mass is 10.2. The Bertz CT molecular complexity index is 335. The number of hydrogen-bond donors (Lipinski definition) is 2. The van der Waals surface area contributed by atoms with E-state index in [0.29, 0.717) is 12.4 Å². The van der Waals surface area contributed by atoms with Gasteiger partial charge in [0.15, 0.2) is 5.82 Å². The van der Waals surface area contributed by atoms with Crippen LogP contribution in [0.5, 0.6) is 0 Å². The molecule has 0 saturated carbocycles. The van der Waals surface area contributed by atoms with Crippen LogP contribution in [0.25, 0.3) is 0 Å². The summed E-state index contributed by atoms with van der Waals surface area (Å²) in [5.41, 5.74) is 5.49. The second-order valence-corrected chi connectivity index (χ2v) is 3.27. The number of methoxy groups -OCH3 is 1. The molecule has 0 saturated heterocycles. The molecular formula is C9H16N4O2. The van der Waals surface area contributed by atoms with Crippen molar-refractivity contribution in [2.75, 3.05) is 13.7 Å². The summed E-state index contributed by atoms with van der Waals surface area (Å²) in [5, 5.41) is 11.5. The normalized spacial score (nSPS) is 14.1. The second kappa shape index (κ2) is 5.35. The molecule has 0 aliphatic carbocycles. The van der Waals surface area contributed by atoms with Crippen LogP contribution in [0.1, 0.15) is 25.2 Å². The molecule has 0 radical (unpaired) electrons. The van der Waals surface area contributed by atoms with Gasteiger partial charge in [0.1, 0.15) is 0 Å².